The summed E-state index contributed by atoms with van der Waals surface area (Å²) in [4.78, 5) is 38.2. The predicted molar refractivity (Wildman–Crippen MR) is 97.3 cm³/mol. The summed E-state index contributed by atoms with van der Waals surface area (Å²) in [6.07, 6.45) is 2.57. The molecule has 142 valence electrons. The van der Waals surface area contributed by atoms with Crippen LogP contribution in [0.4, 0.5) is 0 Å². The Morgan fingerprint density at radius 1 is 0.920 bits per heavy atom. The largest absolute Gasteiger partial charge is 0.371 e. The van der Waals surface area contributed by atoms with Gasteiger partial charge in [-0.15, -0.1) is 0 Å². The Hall–Kier alpha value is -1.63. The molecule has 25 heavy (non-hydrogen) atoms. The van der Waals surface area contributed by atoms with Crippen LogP contribution in [0.2, 0.25) is 0 Å². The standard InChI is InChI=1S/C18H31N3O4/c1-17(2,3)9-7-8-10-19-14(22)20(11-13-12-25-13)16(24)21(15(19)23)18(4,5)6/h13H,7-12H2,1-6H3. The highest BCUT2D eigenvalue weighted by Crippen LogP contribution is 2.21. The van der Waals surface area contributed by atoms with E-state index in [1.165, 1.54) is 9.13 Å². The molecule has 1 atom stereocenters. The summed E-state index contributed by atoms with van der Waals surface area (Å²) in [6.45, 7) is 13.0. The van der Waals surface area contributed by atoms with Crippen molar-refractivity contribution in [2.75, 3.05) is 6.61 Å². The van der Waals surface area contributed by atoms with E-state index < -0.39 is 22.6 Å². The second-order valence-corrected chi connectivity index (χ2v) is 9.09. The Labute approximate surface area is 148 Å². The number of ether oxygens (including phenoxy) is 1. The van der Waals surface area contributed by atoms with Crippen LogP contribution in [0.3, 0.4) is 0 Å². The molecule has 0 aliphatic carbocycles. The number of hydrogen-bond donors (Lipinski definition) is 0. The van der Waals surface area contributed by atoms with Crippen molar-refractivity contribution >= 4 is 0 Å². The number of unbranched alkanes of at least 4 members (excludes halogenated alkanes) is 1. The molecule has 1 aliphatic rings. The predicted octanol–water partition coefficient (Wildman–Crippen LogP) is 1.54. The minimum absolute atomic E-state index is 0.106. The van der Waals surface area contributed by atoms with Gasteiger partial charge in [-0.2, -0.15) is 0 Å². The molecule has 1 saturated heterocycles. The first-order chi connectivity index (χ1) is 11.4. The summed E-state index contributed by atoms with van der Waals surface area (Å²) in [5, 5.41) is 0. The second-order valence-electron chi connectivity index (χ2n) is 9.09. The molecule has 1 fully saturated rings. The van der Waals surface area contributed by atoms with Gasteiger partial charge < -0.3 is 4.74 Å². The lowest BCUT2D eigenvalue weighted by molar-refractivity contribution is 0.300. The molecule has 2 heterocycles. The van der Waals surface area contributed by atoms with E-state index in [0.29, 0.717) is 13.2 Å². The van der Waals surface area contributed by atoms with E-state index in [4.69, 9.17) is 4.74 Å². The van der Waals surface area contributed by atoms with Crippen LogP contribution >= 0.6 is 0 Å². The van der Waals surface area contributed by atoms with Crippen molar-refractivity contribution in [1.29, 1.82) is 0 Å². The van der Waals surface area contributed by atoms with Crippen LogP contribution < -0.4 is 17.1 Å². The Balaban J connectivity index is 2.39. The van der Waals surface area contributed by atoms with Crippen LogP contribution in [0.15, 0.2) is 14.4 Å². The maximum Gasteiger partial charge on any atom is 0.336 e. The van der Waals surface area contributed by atoms with Gasteiger partial charge in [0.25, 0.3) is 0 Å². The fourth-order valence-electron chi connectivity index (χ4n) is 2.86. The van der Waals surface area contributed by atoms with Gasteiger partial charge in [0.2, 0.25) is 0 Å². The fraction of sp³-hybridized carbons (Fsp3) is 0.833. The number of aromatic nitrogens is 3. The lowest BCUT2D eigenvalue weighted by Crippen LogP contribution is -2.58. The van der Waals surface area contributed by atoms with Crippen LogP contribution in [0, 0.1) is 5.41 Å². The topological polar surface area (TPSA) is 78.5 Å². The molecular weight excluding hydrogens is 322 g/mol. The molecule has 0 radical (unpaired) electrons. The number of nitrogens with zero attached hydrogens (tertiary/aromatic N) is 3. The summed E-state index contributed by atoms with van der Waals surface area (Å²) < 4.78 is 8.69. The molecule has 2 rings (SSSR count). The second kappa shape index (κ2) is 6.94. The van der Waals surface area contributed by atoms with E-state index in [1.54, 1.807) is 20.8 Å². The van der Waals surface area contributed by atoms with Gasteiger partial charge in [0.15, 0.2) is 0 Å². The zero-order valence-corrected chi connectivity index (χ0v) is 16.3. The van der Waals surface area contributed by atoms with Gasteiger partial charge in [0.05, 0.1) is 19.3 Å². The first-order valence-corrected chi connectivity index (χ1v) is 9.00. The van der Waals surface area contributed by atoms with Crippen LogP contribution in [0.5, 0.6) is 0 Å². The molecule has 0 bridgehead atoms. The maximum absolute atomic E-state index is 12.8. The average Bonchev–Trinajstić information content (AvgIpc) is 3.24. The third kappa shape index (κ3) is 4.93. The number of rotatable bonds is 6. The molecule has 1 unspecified atom stereocenters. The van der Waals surface area contributed by atoms with Crippen molar-refractivity contribution in [3.8, 4) is 0 Å². The molecule has 7 heteroatoms. The molecule has 0 N–H and O–H groups in total. The maximum atomic E-state index is 12.8. The first kappa shape index (κ1) is 19.7. The first-order valence-electron chi connectivity index (χ1n) is 9.00. The van der Waals surface area contributed by atoms with Crippen molar-refractivity contribution in [2.45, 2.75) is 85.5 Å². The van der Waals surface area contributed by atoms with Crippen LogP contribution in [-0.2, 0) is 23.4 Å². The molecule has 1 aliphatic heterocycles. The van der Waals surface area contributed by atoms with Gasteiger partial charge in [0.1, 0.15) is 0 Å². The van der Waals surface area contributed by atoms with Gasteiger partial charge in [-0.3, -0.25) is 0 Å². The summed E-state index contributed by atoms with van der Waals surface area (Å²) in [5.74, 6) is 0. The quantitative estimate of drug-likeness (QED) is 0.574. The third-order valence-corrected chi connectivity index (χ3v) is 4.32. The van der Waals surface area contributed by atoms with Crippen LogP contribution in [-0.4, -0.2) is 26.4 Å². The van der Waals surface area contributed by atoms with Crippen LogP contribution in [0.1, 0.15) is 60.8 Å². The lowest BCUT2D eigenvalue weighted by atomic mass is 9.90. The van der Waals surface area contributed by atoms with Gasteiger partial charge in [-0.05, 0) is 39.0 Å². The molecule has 0 aromatic carbocycles. The zero-order valence-electron chi connectivity index (χ0n) is 16.3. The Morgan fingerprint density at radius 2 is 1.48 bits per heavy atom. The number of hydrogen-bond acceptors (Lipinski definition) is 4. The minimum Gasteiger partial charge on any atom is -0.371 e. The highest BCUT2D eigenvalue weighted by molar-refractivity contribution is 4.87. The van der Waals surface area contributed by atoms with Crippen molar-refractivity contribution in [3.05, 3.63) is 31.5 Å². The van der Waals surface area contributed by atoms with E-state index in [0.717, 1.165) is 23.8 Å². The normalized spacial score (nSPS) is 17.8. The SMILES string of the molecule is CC(C)(C)CCCCn1c(=O)n(CC2CO2)c(=O)n(C(C)(C)C)c1=O. The summed E-state index contributed by atoms with van der Waals surface area (Å²) in [7, 11) is 0. The number of epoxide rings is 1. The monoisotopic (exact) mass is 353 g/mol. The lowest BCUT2D eigenvalue weighted by Gasteiger charge is -2.23. The van der Waals surface area contributed by atoms with Crippen molar-refractivity contribution in [1.82, 2.24) is 13.7 Å². The van der Waals surface area contributed by atoms with Gasteiger partial charge in [-0.1, -0.05) is 27.2 Å². The highest BCUT2D eigenvalue weighted by atomic mass is 16.6. The zero-order chi connectivity index (χ0) is 19.0. The summed E-state index contributed by atoms with van der Waals surface area (Å²) in [5.41, 5.74) is -2.07. The molecule has 0 amide bonds. The van der Waals surface area contributed by atoms with E-state index in [1.807, 2.05) is 0 Å². The van der Waals surface area contributed by atoms with E-state index in [-0.39, 0.29) is 18.1 Å². The molecule has 0 spiro atoms. The highest BCUT2D eigenvalue weighted by Gasteiger charge is 2.29. The average molecular weight is 353 g/mol. The Bertz CT molecular complexity index is 783. The van der Waals surface area contributed by atoms with Crippen LogP contribution in [0.25, 0.3) is 0 Å². The van der Waals surface area contributed by atoms with Crippen molar-refractivity contribution < 1.29 is 4.74 Å². The molecule has 0 saturated carbocycles. The third-order valence-electron chi connectivity index (χ3n) is 4.32. The summed E-state index contributed by atoms with van der Waals surface area (Å²) >= 11 is 0. The van der Waals surface area contributed by atoms with E-state index in [9.17, 15) is 14.4 Å². The van der Waals surface area contributed by atoms with E-state index in [2.05, 4.69) is 20.8 Å². The van der Waals surface area contributed by atoms with Gasteiger partial charge >= 0.3 is 17.1 Å². The van der Waals surface area contributed by atoms with Crippen molar-refractivity contribution in [3.63, 3.8) is 0 Å². The van der Waals surface area contributed by atoms with Crippen molar-refractivity contribution in [2.24, 2.45) is 5.41 Å². The molecule has 7 nitrogen and oxygen atoms in total. The van der Waals surface area contributed by atoms with Gasteiger partial charge in [-0.25, -0.2) is 28.1 Å². The smallest absolute Gasteiger partial charge is 0.336 e. The summed E-state index contributed by atoms with van der Waals surface area (Å²) in [6, 6.07) is 0. The molecular formula is C18H31N3O4. The molecule has 1 aromatic rings. The Kier molecular flexibility index (Phi) is 5.47. The van der Waals surface area contributed by atoms with Gasteiger partial charge in [0, 0.05) is 12.1 Å². The molecule has 1 aromatic heterocycles. The van der Waals surface area contributed by atoms with E-state index >= 15 is 0 Å². The Morgan fingerprint density at radius 3 is 1.96 bits per heavy atom. The fourth-order valence-corrected chi connectivity index (χ4v) is 2.86. The minimum atomic E-state index is -0.693.